The van der Waals surface area contributed by atoms with E-state index in [9.17, 15) is 9.59 Å². The Labute approximate surface area is 187 Å². The smallest absolute Gasteiger partial charge is 0.352 e. The van der Waals surface area contributed by atoms with E-state index in [2.05, 4.69) is 11.2 Å². The number of hydrogen-bond acceptors (Lipinski definition) is 5. The van der Waals surface area contributed by atoms with E-state index < -0.39 is 0 Å². The van der Waals surface area contributed by atoms with Crippen molar-refractivity contribution in [1.82, 2.24) is 18.7 Å². The third-order valence-electron chi connectivity index (χ3n) is 5.73. The topological polar surface area (TPSA) is 70.5 Å². The van der Waals surface area contributed by atoms with Crippen molar-refractivity contribution in [2.75, 3.05) is 7.11 Å². The number of methoxy groups -OCH3 is 1. The minimum atomic E-state index is -0.266. The van der Waals surface area contributed by atoms with Crippen molar-refractivity contribution >= 4 is 27.3 Å². The molecule has 0 N–H and O–H groups in total. The van der Waals surface area contributed by atoms with Gasteiger partial charge in [0.05, 0.1) is 25.7 Å². The number of fused-ring (bicyclic) bond motifs is 3. The van der Waals surface area contributed by atoms with Crippen LogP contribution in [-0.2, 0) is 13.1 Å². The van der Waals surface area contributed by atoms with Crippen LogP contribution in [0.4, 0.5) is 0 Å². The van der Waals surface area contributed by atoms with E-state index in [-0.39, 0.29) is 17.8 Å². The lowest BCUT2D eigenvalue weighted by Gasteiger charge is -2.11. The number of ether oxygens (including phenoxy) is 1. The molecule has 0 fully saturated rings. The molecule has 0 saturated heterocycles. The Morgan fingerprint density at radius 1 is 1.00 bits per heavy atom. The third kappa shape index (κ3) is 3.23. The van der Waals surface area contributed by atoms with Gasteiger partial charge in [0.25, 0.3) is 5.56 Å². The quantitative estimate of drug-likeness (QED) is 0.414. The number of rotatable bonds is 5. The monoisotopic (exact) mass is 446 g/mol. The SMILES string of the molecule is COc1ccccc1Cn1c(=O)c2sccc2n2c(=O)n(Cc3cc(C)ccc3C)nc12. The minimum Gasteiger partial charge on any atom is -0.496 e. The van der Waals surface area contributed by atoms with Crippen LogP contribution in [0.25, 0.3) is 16.0 Å². The molecule has 0 spiro atoms. The van der Waals surface area contributed by atoms with Crippen molar-refractivity contribution < 1.29 is 4.74 Å². The van der Waals surface area contributed by atoms with Crippen LogP contribution in [0.5, 0.6) is 5.75 Å². The van der Waals surface area contributed by atoms with Crippen molar-refractivity contribution in [2.45, 2.75) is 26.9 Å². The standard InChI is InChI=1S/C24H22N4O3S/c1-15-8-9-16(2)18(12-15)14-27-24(30)28-19-10-11-32-21(19)22(29)26(23(28)25-27)13-17-6-4-5-7-20(17)31-3/h4-12H,13-14H2,1-3H3. The molecule has 3 heterocycles. The summed E-state index contributed by atoms with van der Waals surface area (Å²) in [7, 11) is 1.60. The molecule has 0 aliphatic heterocycles. The average Bonchev–Trinajstić information content (AvgIpc) is 3.39. The van der Waals surface area contributed by atoms with Crippen molar-refractivity contribution in [3.63, 3.8) is 0 Å². The first-order chi connectivity index (χ1) is 15.5. The normalized spacial score (nSPS) is 11.5. The Morgan fingerprint density at radius 3 is 2.62 bits per heavy atom. The largest absolute Gasteiger partial charge is 0.496 e. The molecule has 0 radical (unpaired) electrons. The summed E-state index contributed by atoms with van der Waals surface area (Å²) in [5.74, 6) is 1.00. The average molecular weight is 447 g/mol. The summed E-state index contributed by atoms with van der Waals surface area (Å²) < 4.78 is 10.5. The molecule has 5 aromatic rings. The molecule has 0 atom stereocenters. The van der Waals surface area contributed by atoms with Crippen LogP contribution in [0.15, 0.2) is 63.5 Å². The molecule has 0 bridgehead atoms. The molecule has 0 unspecified atom stereocenters. The molecule has 8 heteroatoms. The van der Waals surface area contributed by atoms with Gasteiger partial charge in [0, 0.05) is 5.56 Å². The molecule has 5 rings (SSSR count). The van der Waals surface area contributed by atoms with Gasteiger partial charge in [-0.15, -0.1) is 16.4 Å². The minimum absolute atomic E-state index is 0.169. The summed E-state index contributed by atoms with van der Waals surface area (Å²) in [6.07, 6.45) is 0. The molecule has 0 aliphatic carbocycles. The van der Waals surface area contributed by atoms with E-state index >= 15 is 0 Å². The Balaban J connectivity index is 1.74. The van der Waals surface area contributed by atoms with E-state index in [1.165, 1.54) is 20.4 Å². The Kier molecular flexibility index (Phi) is 4.94. The fraction of sp³-hybridized carbons (Fsp3) is 0.208. The highest BCUT2D eigenvalue weighted by Gasteiger charge is 2.19. The summed E-state index contributed by atoms with van der Waals surface area (Å²) in [5.41, 5.74) is 4.23. The van der Waals surface area contributed by atoms with E-state index in [0.29, 0.717) is 28.3 Å². The molecular weight excluding hydrogens is 424 g/mol. The zero-order valence-electron chi connectivity index (χ0n) is 18.0. The van der Waals surface area contributed by atoms with Gasteiger partial charge in [-0.25, -0.2) is 13.9 Å². The number of aryl methyl sites for hydroxylation is 2. The number of hydrogen-bond donors (Lipinski definition) is 0. The van der Waals surface area contributed by atoms with Crippen molar-refractivity contribution in [3.8, 4) is 5.75 Å². The molecular formula is C24H22N4O3S. The number of thiophene rings is 1. The van der Waals surface area contributed by atoms with Crippen LogP contribution in [0.3, 0.4) is 0 Å². The van der Waals surface area contributed by atoms with E-state index in [0.717, 1.165) is 22.3 Å². The highest BCUT2D eigenvalue weighted by Crippen LogP contribution is 2.21. The Bertz CT molecular complexity index is 1590. The van der Waals surface area contributed by atoms with E-state index in [1.807, 2.05) is 55.6 Å². The van der Waals surface area contributed by atoms with Gasteiger partial charge in [-0.1, -0.05) is 42.0 Å². The summed E-state index contributed by atoms with van der Waals surface area (Å²) in [5, 5.41) is 6.44. The first-order valence-corrected chi connectivity index (χ1v) is 11.1. The molecule has 0 aliphatic rings. The molecule has 32 heavy (non-hydrogen) atoms. The number of aromatic nitrogens is 4. The summed E-state index contributed by atoms with van der Waals surface area (Å²) in [6, 6.07) is 15.5. The van der Waals surface area contributed by atoms with Crippen molar-refractivity contribution in [2.24, 2.45) is 0 Å². The van der Waals surface area contributed by atoms with E-state index in [1.54, 1.807) is 17.7 Å². The number of nitrogens with zero attached hydrogens (tertiary/aromatic N) is 4. The second-order valence-electron chi connectivity index (χ2n) is 7.84. The maximum Gasteiger partial charge on any atom is 0.352 e. The lowest BCUT2D eigenvalue weighted by atomic mass is 10.1. The predicted octanol–water partition coefficient (Wildman–Crippen LogP) is 3.59. The molecule has 162 valence electrons. The van der Waals surface area contributed by atoms with Gasteiger partial charge in [0.15, 0.2) is 0 Å². The zero-order valence-corrected chi connectivity index (χ0v) is 18.8. The molecule has 2 aromatic carbocycles. The van der Waals surface area contributed by atoms with Crippen LogP contribution < -0.4 is 16.0 Å². The van der Waals surface area contributed by atoms with Crippen molar-refractivity contribution in [3.05, 3.63) is 97.0 Å². The van der Waals surface area contributed by atoms with Gasteiger partial charge in [-0.2, -0.15) is 0 Å². The predicted molar refractivity (Wildman–Crippen MR) is 126 cm³/mol. The lowest BCUT2D eigenvalue weighted by molar-refractivity contribution is 0.408. The maximum atomic E-state index is 13.4. The van der Waals surface area contributed by atoms with Crippen molar-refractivity contribution in [1.29, 1.82) is 0 Å². The van der Waals surface area contributed by atoms with Crippen LogP contribution in [0, 0.1) is 13.8 Å². The van der Waals surface area contributed by atoms with Gasteiger partial charge in [-0.3, -0.25) is 9.36 Å². The van der Waals surface area contributed by atoms with Crippen LogP contribution in [0.1, 0.15) is 22.3 Å². The number of benzene rings is 2. The third-order valence-corrected chi connectivity index (χ3v) is 6.63. The summed E-state index contributed by atoms with van der Waals surface area (Å²) in [4.78, 5) is 26.8. The molecule has 0 amide bonds. The number of para-hydroxylation sites is 1. The highest BCUT2D eigenvalue weighted by molar-refractivity contribution is 7.17. The summed E-state index contributed by atoms with van der Waals surface area (Å²) in [6.45, 7) is 4.63. The lowest BCUT2D eigenvalue weighted by Crippen LogP contribution is -2.26. The van der Waals surface area contributed by atoms with Gasteiger partial charge >= 0.3 is 5.69 Å². The van der Waals surface area contributed by atoms with Gasteiger partial charge < -0.3 is 4.74 Å². The Hall–Kier alpha value is -3.65. The first-order valence-electron chi connectivity index (χ1n) is 10.3. The van der Waals surface area contributed by atoms with Crippen LogP contribution in [-0.4, -0.2) is 25.9 Å². The second kappa shape index (κ2) is 7.80. The van der Waals surface area contributed by atoms with Gasteiger partial charge in [0.1, 0.15) is 10.4 Å². The zero-order chi connectivity index (χ0) is 22.4. The van der Waals surface area contributed by atoms with E-state index in [4.69, 9.17) is 4.74 Å². The summed E-state index contributed by atoms with van der Waals surface area (Å²) >= 11 is 1.33. The second-order valence-corrected chi connectivity index (χ2v) is 8.76. The fourth-order valence-electron chi connectivity index (χ4n) is 4.02. The highest BCUT2D eigenvalue weighted by atomic mass is 32.1. The molecule has 0 saturated carbocycles. The maximum absolute atomic E-state index is 13.4. The van der Waals surface area contributed by atoms with Gasteiger partial charge in [0.2, 0.25) is 5.78 Å². The fourth-order valence-corrected chi connectivity index (χ4v) is 4.84. The van der Waals surface area contributed by atoms with Crippen LogP contribution >= 0.6 is 11.3 Å². The van der Waals surface area contributed by atoms with Crippen LogP contribution in [0.2, 0.25) is 0 Å². The molecule has 7 nitrogen and oxygen atoms in total. The molecule has 3 aromatic heterocycles. The van der Waals surface area contributed by atoms with Gasteiger partial charge in [-0.05, 0) is 42.5 Å². The Morgan fingerprint density at radius 2 is 1.81 bits per heavy atom. The first kappa shape index (κ1) is 20.3.